The van der Waals surface area contributed by atoms with E-state index in [0.29, 0.717) is 23.2 Å². The molecule has 4 unspecified atom stereocenters. The maximum atomic E-state index is 12.1. The number of rotatable bonds is 15. The molecule has 47 heavy (non-hydrogen) atoms. The van der Waals surface area contributed by atoms with E-state index in [1.54, 1.807) is 5.57 Å². The van der Waals surface area contributed by atoms with Crippen molar-refractivity contribution in [3.05, 3.63) is 48.1 Å². The Morgan fingerprint density at radius 3 is 2.13 bits per heavy atom. The number of allylic oxidation sites excluding steroid dienone is 3. The molecule has 0 amide bonds. The lowest BCUT2D eigenvalue weighted by Crippen LogP contribution is -2.51. The van der Waals surface area contributed by atoms with Crippen molar-refractivity contribution in [2.45, 2.75) is 99.0 Å². The van der Waals surface area contributed by atoms with Crippen LogP contribution < -0.4 is 0 Å². The zero-order valence-electron chi connectivity index (χ0n) is 30.0. The minimum absolute atomic E-state index is 0.0387. The fourth-order valence-electron chi connectivity index (χ4n) is 9.52. The SMILES string of the molecule is C=C(CO)C(=O)OCC(COC(=O)C(=C)CO)CO[C@H]1CC[C@@]2(C)C(=CCC3C4CC[C@H]([C@H](C)/C=C/[C@H](C)C(C)C)C4(C)CCC32)C1. The summed E-state index contributed by atoms with van der Waals surface area (Å²) in [5, 5.41) is 18.4. The van der Waals surface area contributed by atoms with Gasteiger partial charge in [0.1, 0.15) is 0 Å². The summed E-state index contributed by atoms with van der Waals surface area (Å²) in [4.78, 5) is 24.2. The summed E-state index contributed by atoms with van der Waals surface area (Å²) in [6, 6.07) is 0. The number of hydrogen-bond donors (Lipinski definition) is 2. The van der Waals surface area contributed by atoms with Crippen LogP contribution in [0.5, 0.6) is 0 Å². The van der Waals surface area contributed by atoms with Crippen molar-refractivity contribution in [1.82, 2.24) is 0 Å². The molecule has 0 aromatic carbocycles. The van der Waals surface area contributed by atoms with E-state index >= 15 is 0 Å². The monoisotopic (exact) mass is 654 g/mol. The lowest BCUT2D eigenvalue weighted by Gasteiger charge is -2.58. The maximum absolute atomic E-state index is 12.1. The van der Waals surface area contributed by atoms with E-state index in [1.165, 1.54) is 32.1 Å². The van der Waals surface area contributed by atoms with E-state index in [2.05, 4.69) is 72.9 Å². The zero-order chi connectivity index (χ0) is 34.5. The van der Waals surface area contributed by atoms with Crippen LogP contribution in [-0.4, -0.2) is 61.3 Å². The van der Waals surface area contributed by atoms with Gasteiger partial charge in [0, 0.05) is 0 Å². The largest absolute Gasteiger partial charge is 0.462 e. The van der Waals surface area contributed by atoms with Crippen molar-refractivity contribution in [3.63, 3.8) is 0 Å². The number of esters is 2. The van der Waals surface area contributed by atoms with Gasteiger partial charge in [0.25, 0.3) is 0 Å². The highest BCUT2D eigenvalue weighted by atomic mass is 16.6. The number of fused-ring (bicyclic) bond motifs is 5. The minimum Gasteiger partial charge on any atom is -0.462 e. The third-order valence-corrected chi connectivity index (χ3v) is 13.0. The first kappa shape index (κ1) is 37.6. The summed E-state index contributed by atoms with van der Waals surface area (Å²) in [6.45, 7) is 20.8. The standard InChI is InChI=1S/C40H62O7/c1-25(2)26(3)9-10-27(4)34-13-14-35-33-12-11-31-19-32(15-17-39(31,7)36(33)16-18-40(34,35)8)45-22-30(23-46-37(43)28(5)20-41)24-47-38(44)29(6)21-42/h9-11,25-27,30,32-36,41-42H,5-6,12-24H2,1-4,7-8H3/b10-9+/t26-,27+,32-,33?,34+,35?,36?,39-,40?/m0/s1. The third kappa shape index (κ3) is 8.33. The summed E-state index contributed by atoms with van der Waals surface area (Å²) in [7, 11) is 0. The average Bonchev–Trinajstić information content (AvgIpc) is 3.42. The molecule has 264 valence electrons. The summed E-state index contributed by atoms with van der Waals surface area (Å²) in [5.41, 5.74) is 2.09. The van der Waals surface area contributed by atoms with Crippen molar-refractivity contribution < 1.29 is 34.0 Å². The van der Waals surface area contributed by atoms with Crippen LogP contribution in [0.25, 0.3) is 0 Å². The molecule has 0 bridgehead atoms. The Kier molecular flexibility index (Phi) is 12.8. The second kappa shape index (κ2) is 16.0. The second-order valence-electron chi connectivity index (χ2n) is 16.1. The highest BCUT2D eigenvalue weighted by Gasteiger charge is 2.59. The van der Waals surface area contributed by atoms with E-state index in [0.717, 1.165) is 42.9 Å². The summed E-state index contributed by atoms with van der Waals surface area (Å²) >= 11 is 0. The predicted molar refractivity (Wildman–Crippen MR) is 185 cm³/mol. The molecule has 4 aliphatic rings. The molecule has 0 saturated heterocycles. The molecule has 0 radical (unpaired) electrons. The van der Waals surface area contributed by atoms with Gasteiger partial charge in [-0.25, -0.2) is 9.59 Å². The summed E-state index contributed by atoms with van der Waals surface area (Å²) in [6.07, 6.45) is 17.1. The Morgan fingerprint density at radius 2 is 1.53 bits per heavy atom. The van der Waals surface area contributed by atoms with Crippen LogP contribution in [-0.2, 0) is 23.8 Å². The van der Waals surface area contributed by atoms with Gasteiger partial charge in [-0.1, -0.05) is 78.5 Å². The highest BCUT2D eigenvalue weighted by molar-refractivity contribution is 5.88. The first-order valence-electron chi connectivity index (χ1n) is 18.2. The molecule has 0 heterocycles. The lowest BCUT2D eigenvalue weighted by atomic mass is 9.47. The molecule has 4 aliphatic carbocycles. The topological polar surface area (TPSA) is 102 Å². The van der Waals surface area contributed by atoms with Crippen LogP contribution in [0.4, 0.5) is 0 Å². The van der Waals surface area contributed by atoms with Crippen LogP contribution in [0, 0.1) is 58.2 Å². The molecule has 7 heteroatoms. The molecule has 4 rings (SSSR count). The van der Waals surface area contributed by atoms with Crippen LogP contribution in [0.1, 0.15) is 92.9 Å². The Morgan fingerprint density at radius 1 is 0.894 bits per heavy atom. The number of hydrogen-bond acceptors (Lipinski definition) is 7. The fraction of sp³-hybridized carbons (Fsp3) is 0.750. The molecule has 9 atom stereocenters. The molecule has 0 spiro atoms. The first-order valence-corrected chi connectivity index (χ1v) is 18.2. The van der Waals surface area contributed by atoms with E-state index in [1.807, 2.05) is 0 Å². The van der Waals surface area contributed by atoms with Gasteiger partial charge in [-0.2, -0.15) is 0 Å². The number of aliphatic hydroxyl groups excluding tert-OH is 2. The van der Waals surface area contributed by atoms with Crippen molar-refractivity contribution in [2.24, 2.45) is 58.2 Å². The summed E-state index contributed by atoms with van der Waals surface area (Å²) in [5.74, 6) is 3.17. The third-order valence-electron chi connectivity index (χ3n) is 13.0. The van der Waals surface area contributed by atoms with Gasteiger partial charge in [0.2, 0.25) is 0 Å². The summed E-state index contributed by atoms with van der Waals surface area (Å²) < 4.78 is 17.1. The predicted octanol–water partition coefficient (Wildman–Crippen LogP) is 7.23. The second-order valence-corrected chi connectivity index (χ2v) is 16.1. The Hall–Kier alpha value is -2.22. The fourth-order valence-corrected chi connectivity index (χ4v) is 9.52. The minimum atomic E-state index is -0.692. The van der Waals surface area contributed by atoms with Crippen molar-refractivity contribution >= 4 is 11.9 Å². The van der Waals surface area contributed by atoms with Crippen LogP contribution in [0.3, 0.4) is 0 Å². The van der Waals surface area contributed by atoms with E-state index < -0.39 is 31.1 Å². The van der Waals surface area contributed by atoms with Gasteiger partial charge < -0.3 is 24.4 Å². The molecule has 7 nitrogen and oxygen atoms in total. The molecule has 3 fully saturated rings. The molecule has 3 saturated carbocycles. The van der Waals surface area contributed by atoms with Gasteiger partial charge in [-0.15, -0.1) is 0 Å². The van der Waals surface area contributed by atoms with E-state index in [4.69, 9.17) is 14.2 Å². The van der Waals surface area contributed by atoms with Crippen molar-refractivity contribution in [3.8, 4) is 0 Å². The molecule has 0 aromatic rings. The highest BCUT2D eigenvalue weighted by Crippen LogP contribution is 2.67. The average molecular weight is 655 g/mol. The Bertz CT molecular complexity index is 1170. The van der Waals surface area contributed by atoms with Gasteiger partial charge >= 0.3 is 11.9 Å². The van der Waals surface area contributed by atoms with Crippen molar-refractivity contribution in [1.29, 1.82) is 0 Å². The molecule has 0 aromatic heterocycles. The van der Waals surface area contributed by atoms with Gasteiger partial charge in [0.15, 0.2) is 0 Å². The quantitative estimate of drug-likeness (QED) is 0.109. The number of aliphatic hydroxyl groups is 2. The van der Waals surface area contributed by atoms with Crippen LogP contribution >= 0.6 is 0 Å². The molecule has 0 aliphatic heterocycles. The maximum Gasteiger partial charge on any atom is 0.335 e. The normalized spacial score (nSPS) is 33.1. The van der Waals surface area contributed by atoms with Crippen LogP contribution in [0.2, 0.25) is 0 Å². The molecule has 2 N–H and O–H groups in total. The van der Waals surface area contributed by atoms with Crippen molar-refractivity contribution in [2.75, 3.05) is 33.0 Å². The Labute approximate surface area is 283 Å². The lowest BCUT2D eigenvalue weighted by molar-refractivity contribution is -0.147. The Balaban J connectivity index is 1.38. The van der Waals surface area contributed by atoms with Gasteiger partial charge in [0.05, 0.1) is 56.2 Å². The zero-order valence-corrected chi connectivity index (χ0v) is 30.0. The smallest absolute Gasteiger partial charge is 0.335 e. The van der Waals surface area contributed by atoms with Gasteiger partial charge in [-0.3, -0.25) is 0 Å². The van der Waals surface area contributed by atoms with Gasteiger partial charge in [-0.05, 0) is 104 Å². The van der Waals surface area contributed by atoms with E-state index in [-0.39, 0.29) is 42.5 Å². The van der Waals surface area contributed by atoms with E-state index in [9.17, 15) is 19.8 Å². The number of ether oxygens (including phenoxy) is 3. The first-order chi connectivity index (χ1) is 22.2. The number of carbonyl (C=O) groups excluding carboxylic acids is 2. The molecular formula is C40H62O7. The van der Waals surface area contributed by atoms with Crippen LogP contribution in [0.15, 0.2) is 48.1 Å². The molecular weight excluding hydrogens is 592 g/mol. The number of carbonyl (C=O) groups is 2.